The second-order valence-electron chi connectivity index (χ2n) is 6.81. The molecule has 0 saturated heterocycles. The van der Waals surface area contributed by atoms with Crippen LogP contribution in [-0.2, 0) is 10.5 Å². The van der Waals surface area contributed by atoms with Crippen LogP contribution in [0.15, 0.2) is 64.5 Å². The predicted octanol–water partition coefficient (Wildman–Crippen LogP) is 5.14. The average Bonchev–Trinajstić information content (AvgIpc) is 3.06. The maximum atomic E-state index is 13.4. The number of carbonyl (C=O) groups excluding carboxylic acids is 1. The Morgan fingerprint density at radius 3 is 2.47 bits per heavy atom. The van der Waals surface area contributed by atoms with E-state index in [0.717, 1.165) is 26.5 Å². The third-order valence-corrected chi connectivity index (χ3v) is 7.04. The van der Waals surface area contributed by atoms with E-state index in [1.54, 1.807) is 28.0 Å². The van der Waals surface area contributed by atoms with Gasteiger partial charge >= 0.3 is 5.97 Å². The molecule has 152 valence electrons. The summed E-state index contributed by atoms with van der Waals surface area (Å²) in [6, 6.07) is 16.9. The summed E-state index contributed by atoms with van der Waals surface area (Å²) in [6.07, 6.45) is 0. The first-order valence-corrected chi connectivity index (χ1v) is 11.2. The molecule has 2 heterocycles. The second kappa shape index (κ2) is 8.45. The summed E-state index contributed by atoms with van der Waals surface area (Å²) in [6.45, 7) is 3.99. The van der Waals surface area contributed by atoms with Crippen LogP contribution in [-0.4, -0.2) is 22.6 Å². The quantitative estimate of drug-likeness (QED) is 0.246. The van der Waals surface area contributed by atoms with Crippen LogP contribution in [0.2, 0.25) is 0 Å². The summed E-state index contributed by atoms with van der Waals surface area (Å²) in [7, 11) is 1.37. The fourth-order valence-corrected chi connectivity index (χ4v) is 5.22. The van der Waals surface area contributed by atoms with Crippen LogP contribution in [0.25, 0.3) is 15.9 Å². The van der Waals surface area contributed by atoms with Crippen molar-refractivity contribution in [1.82, 2.24) is 9.55 Å². The monoisotopic (exact) mass is 436 g/mol. The number of ether oxygens (including phenoxy) is 1. The number of carbonyl (C=O) groups is 1. The molecule has 0 fully saturated rings. The van der Waals surface area contributed by atoms with E-state index in [-0.39, 0.29) is 11.5 Å². The highest BCUT2D eigenvalue weighted by Crippen LogP contribution is 2.30. The van der Waals surface area contributed by atoms with Gasteiger partial charge in [0, 0.05) is 10.6 Å². The number of fused-ring (bicyclic) bond motifs is 1. The lowest BCUT2D eigenvalue weighted by Gasteiger charge is -2.12. The first-order valence-electron chi connectivity index (χ1n) is 9.38. The number of methoxy groups -OCH3 is 1. The summed E-state index contributed by atoms with van der Waals surface area (Å²) in [5.41, 5.74) is 3.28. The van der Waals surface area contributed by atoms with Crippen LogP contribution in [0.1, 0.15) is 26.4 Å². The Labute approximate surface area is 182 Å². The molecule has 0 unspecified atom stereocenters. The van der Waals surface area contributed by atoms with Crippen molar-refractivity contribution < 1.29 is 9.53 Å². The predicted molar refractivity (Wildman–Crippen MR) is 122 cm³/mol. The minimum absolute atomic E-state index is 0.0448. The average molecular weight is 437 g/mol. The maximum absolute atomic E-state index is 13.4. The molecule has 7 heteroatoms. The van der Waals surface area contributed by atoms with Gasteiger partial charge in [-0.15, -0.1) is 11.3 Å². The molecular formula is C23H20N2O3S2. The Kier molecular flexibility index (Phi) is 5.74. The molecule has 30 heavy (non-hydrogen) atoms. The van der Waals surface area contributed by atoms with Gasteiger partial charge < -0.3 is 4.74 Å². The van der Waals surface area contributed by atoms with E-state index in [2.05, 4.69) is 0 Å². The molecule has 0 spiro atoms. The Bertz CT molecular complexity index is 1280. The molecule has 4 rings (SSSR count). The molecule has 0 radical (unpaired) electrons. The Morgan fingerprint density at radius 2 is 1.80 bits per heavy atom. The van der Waals surface area contributed by atoms with Crippen molar-refractivity contribution in [3.8, 4) is 5.69 Å². The van der Waals surface area contributed by atoms with Gasteiger partial charge in [-0.3, -0.25) is 9.36 Å². The highest BCUT2D eigenvalue weighted by Gasteiger charge is 2.18. The molecule has 4 aromatic rings. The number of thiophene rings is 1. The first-order chi connectivity index (χ1) is 14.5. The third kappa shape index (κ3) is 3.78. The normalized spacial score (nSPS) is 11.0. The van der Waals surface area contributed by atoms with Crippen molar-refractivity contribution in [2.45, 2.75) is 24.8 Å². The number of hydrogen-bond donors (Lipinski definition) is 0. The van der Waals surface area contributed by atoms with Gasteiger partial charge in [0.2, 0.25) is 0 Å². The number of para-hydroxylation sites is 1. The van der Waals surface area contributed by atoms with Gasteiger partial charge in [-0.05, 0) is 49.2 Å². The smallest absolute Gasteiger partial charge is 0.337 e. The minimum Gasteiger partial charge on any atom is -0.465 e. The number of benzene rings is 2. The van der Waals surface area contributed by atoms with E-state index < -0.39 is 0 Å². The van der Waals surface area contributed by atoms with Gasteiger partial charge in [0.05, 0.1) is 23.7 Å². The number of esters is 1. The van der Waals surface area contributed by atoms with Crippen molar-refractivity contribution in [2.75, 3.05) is 7.11 Å². The van der Waals surface area contributed by atoms with Crippen LogP contribution < -0.4 is 5.56 Å². The molecule has 0 aliphatic heterocycles. The molecule has 0 bridgehead atoms. The summed E-state index contributed by atoms with van der Waals surface area (Å²) < 4.78 is 6.43. The molecular weight excluding hydrogens is 416 g/mol. The summed E-state index contributed by atoms with van der Waals surface area (Å²) >= 11 is 3.05. The lowest BCUT2D eigenvalue weighted by Crippen LogP contribution is -2.21. The van der Waals surface area contributed by atoms with Gasteiger partial charge in [0.15, 0.2) is 5.16 Å². The van der Waals surface area contributed by atoms with Crippen LogP contribution >= 0.6 is 23.1 Å². The van der Waals surface area contributed by atoms with Gasteiger partial charge in [0.25, 0.3) is 5.56 Å². The summed E-state index contributed by atoms with van der Waals surface area (Å²) in [5.74, 6) is 0.262. The van der Waals surface area contributed by atoms with Crippen molar-refractivity contribution in [2.24, 2.45) is 0 Å². The van der Waals surface area contributed by atoms with E-state index in [4.69, 9.17) is 9.72 Å². The number of aromatic nitrogens is 2. The molecule has 2 aromatic carbocycles. The molecule has 0 aliphatic carbocycles. The minimum atomic E-state index is -0.359. The van der Waals surface area contributed by atoms with Gasteiger partial charge in [0.1, 0.15) is 4.83 Å². The second-order valence-corrected chi connectivity index (χ2v) is 8.96. The Morgan fingerprint density at radius 1 is 1.10 bits per heavy atom. The molecule has 0 amide bonds. The lowest BCUT2D eigenvalue weighted by molar-refractivity contribution is 0.0600. The van der Waals surface area contributed by atoms with Crippen LogP contribution in [0.5, 0.6) is 0 Å². The maximum Gasteiger partial charge on any atom is 0.337 e. The Hall–Kier alpha value is -2.90. The van der Waals surface area contributed by atoms with E-state index in [1.807, 2.05) is 56.3 Å². The molecule has 0 aliphatic rings. The highest BCUT2D eigenvalue weighted by molar-refractivity contribution is 7.98. The number of hydrogen-bond acceptors (Lipinski definition) is 6. The van der Waals surface area contributed by atoms with E-state index in [9.17, 15) is 9.59 Å². The van der Waals surface area contributed by atoms with Crippen molar-refractivity contribution in [3.63, 3.8) is 0 Å². The largest absolute Gasteiger partial charge is 0.465 e. The number of thioether (sulfide) groups is 1. The van der Waals surface area contributed by atoms with Crippen LogP contribution in [0, 0.1) is 13.8 Å². The van der Waals surface area contributed by atoms with Crippen molar-refractivity contribution >= 4 is 39.3 Å². The van der Waals surface area contributed by atoms with Crippen LogP contribution in [0.3, 0.4) is 0 Å². The number of rotatable bonds is 5. The fraction of sp³-hybridized carbons (Fsp3) is 0.174. The van der Waals surface area contributed by atoms with E-state index in [0.29, 0.717) is 21.9 Å². The summed E-state index contributed by atoms with van der Waals surface area (Å²) in [4.78, 5) is 31.7. The molecule has 0 N–H and O–H groups in total. The van der Waals surface area contributed by atoms with Gasteiger partial charge in [-0.25, -0.2) is 9.78 Å². The van der Waals surface area contributed by atoms with E-state index in [1.165, 1.54) is 18.9 Å². The Balaban J connectivity index is 1.74. The number of aryl methyl sites for hydroxylation is 2. The zero-order chi connectivity index (χ0) is 21.3. The van der Waals surface area contributed by atoms with Crippen molar-refractivity contribution in [3.05, 3.63) is 86.5 Å². The zero-order valence-corrected chi connectivity index (χ0v) is 18.5. The molecule has 2 aromatic heterocycles. The van der Waals surface area contributed by atoms with Gasteiger partial charge in [-0.1, -0.05) is 42.1 Å². The zero-order valence-electron chi connectivity index (χ0n) is 16.8. The lowest BCUT2D eigenvalue weighted by atomic mass is 10.1. The molecule has 0 saturated carbocycles. The van der Waals surface area contributed by atoms with Crippen LogP contribution in [0.4, 0.5) is 0 Å². The SMILES string of the molecule is COC(=O)c1ccc(CSc2nc3sc(C)c(C)c3c(=O)n2-c2ccccc2)cc1. The fourth-order valence-electron chi connectivity index (χ4n) is 3.18. The number of nitrogens with zero attached hydrogens (tertiary/aromatic N) is 2. The first kappa shape index (κ1) is 20.4. The standard InChI is InChI=1S/C23H20N2O3S2/c1-14-15(2)30-20-19(14)21(26)25(18-7-5-4-6-8-18)23(24-20)29-13-16-9-11-17(12-10-16)22(27)28-3/h4-12H,13H2,1-3H3. The summed E-state index contributed by atoms with van der Waals surface area (Å²) in [5, 5.41) is 1.34. The van der Waals surface area contributed by atoms with E-state index >= 15 is 0 Å². The molecule has 5 nitrogen and oxygen atoms in total. The van der Waals surface area contributed by atoms with Gasteiger partial charge in [-0.2, -0.15) is 0 Å². The third-order valence-electron chi connectivity index (χ3n) is 4.93. The molecule has 0 atom stereocenters. The topological polar surface area (TPSA) is 61.2 Å². The van der Waals surface area contributed by atoms with Crippen molar-refractivity contribution in [1.29, 1.82) is 0 Å². The highest BCUT2D eigenvalue weighted by atomic mass is 32.2.